The van der Waals surface area contributed by atoms with Gasteiger partial charge in [0, 0.05) is 29.2 Å². The molecule has 25 heavy (non-hydrogen) atoms. The largest absolute Gasteiger partial charge is 0.417 e. The molecule has 1 aliphatic rings. The minimum absolute atomic E-state index is 0.0859. The lowest BCUT2D eigenvalue weighted by molar-refractivity contribution is 0.293. The van der Waals surface area contributed by atoms with Crippen LogP contribution in [0, 0.1) is 0 Å². The van der Waals surface area contributed by atoms with Crippen molar-refractivity contribution in [3.63, 3.8) is 0 Å². The van der Waals surface area contributed by atoms with Gasteiger partial charge in [-0.3, -0.25) is 0 Å². The van der Waals surface area contributed by atoms with Gasteiger partial charge in [-0.15, -0.1) is 6.58 Å². The molecule has 0 bridgehead atoms. The van der Waals surface area contributed by atoms with Gasteiger partial charge in [0.25, 0.3) is 0 Å². The Bertz CT molecular complexity index is 744. The first kappa shape index (κ1) is 18.1. The van der Waals surface area contributed by atoms with Crippen molar-refractivity contribution in [1.82, 2.24) is 0 Å². The predicted molar refractivity (Wildman–Crippen MR) is 114 cm³/mol. The molecule has 1 aliphatic heterocycles. The summed E-state index contributed by atoms with van der Waals surface area (Å²) in [7, 11) is -1.77. The van der Waals surface area contributed by atoms with E-state index in [9.17, 15) is 0 Å². The number of anilines is 2. The molecule has 0 amide bonds. The summed E-state index contributed by atoms with van der Waals surface area (Å²) in [5, 5.41) is 10.0. The van der Waals surface area contributed by atoms with Gasteiger partial charge < -0.3 is 14.9 Å². The Morgan fingerprint density at radius 2 is 1.68 bits per heavy atom. The summed E-state index contributed by atoms with van der Waals surface area (Å²) in [6.45, 7) is 16.2. The fourth-order valence-corrected chi connectivity index (χ4v) is 4.03. The van der Waals surface area contributed by atoms with E-state index < -0.39 is 8.32 Å². The molecule has 0 saturated heterocycles. The van der Waals surface area contributed by atoms with Crippen molar-refractivity contribution in [3.8, 4) is 0 Å². The van der Waals surface area contributed by atoms with Crippen LogP contribution in [-0.4, -0.2) is 21.9 Å². The third-order valence-corrected chi connectivity index (χ3v) is 10.2. The molecule has 0 aliphatic carbocycles. The molecule has 0 saturated carbocycles. The zero-order valence-electron chi connectivity index (χ0n) is 16.0. The molecular weight excluding hydrogens is 323 g/mol. The van der Waals surface area contributed by atoms with Crippen molar-refractivity contribution in [2.45, 2.75) is 44.7 Å². The topological polar surface area (TPSA) is 33.3 Å². The minimum Gasteiger partial charge on any atom is -0.417 e. The van der Waals surface area contributed by atoms with E-state index in [0.717, 1.165) is 0 Å². The predicted octanol–water partition coefficient (Wildman–Crippen LogP) is 5.74. The molecule has 0 spiro atoms. The Balaban J connectivity index is 1.79. The molecule has 0 aromatic heterocycles. The van der Waals surface area contributed by atoms with E-state index in [-0.39, 0.29) is 17.8 Å². The standard InChI is InChI=1S/C20H29BN2OSi/c1-7-16(14-24-25(5,6)20(2,3)4)21-22-17-12-8-10-15-11-9-13-18(23-21)19(15)17/h7-13,16,22-23H,1,14H2,2-6H3. The van der Waals surface area contributed by atoms with Gasteiger partial charge in [0.1, 0.15) is 0 Å². The zero-order chi connectivity index (χ0) is 18.2. The molecule has 2 aromatic carbocycles. The number of hydrogen-bond donors (Lipinski definition) is 2. The lowest BCUT2D eigenvalue weighted by Gasteiger charge is -2.38. The monoisotopic (exact) mass is 352 g/mol. The van der Waals surface area contributed by atoms with Gasteiger partial charge >= 0.3 is 6.98 Å². The zero-order valence-corrected chi connectivity index (χ0v) is 17.0. The van der Waals surface area contributed by atoms with Gasteiger partial charge in [0.2, 0.25) is 0 Å². The van der Waals surface area contributed by atoms with Crippen LogP contribution in [0.4, 0.5) is 11.4 Å². The number of nitrogens with one attached hydrogen (secondary N) is 2. The van der Waals surface area contributed by atoms with E-state index in [0.29, 0.717) is 6.61 Å². The van der Waals surface area contributed by atoms with E-state index >= 15 is 0 Å². The van der Waals surface area contributed by atoms with E-state index in [2.05, 4.69) is 87.3 Å². The van der Waals surface area contributed by atoms with Gasteiger partial charge in [0.05, 0.1) is 0 Å². The molecule has 2 N–H and O–H groups in total. The van der Waals surface area contributed by atoms with Gasteiger partial charge in [-0.1, -0.05) is 51.1 Å². The molecule has 0 fully saturated rings. The maximum atomic E-state index is 6.45. The Morgan fingerprint density at radius 1 is 1.12 bits per heavy atom. The highest BCUT2D eigenvalue weighted by Crippen LogP contribution is 2.39. The SMILES string of the molecule is C=CC(CO[Si](C)(C)C(C)(C)C)B1Nc2cccc3cccc(c23)N1. The lowest BCUT2D eigenvalue weighted by Crippen LogP contribution is -2.46. The normalized spacial score (nSPS) is 15.5. The highest BCUT2D eigenvalue weighted by Gasteiger charge is 2.39. The summed E-state index contributed by atoms with van der Waals surface area (Å²) < 4.78 is 6.45. The van der Waals surface area contributed by atoms with Crippen LogP contribution in [-0.2, 0) is 4.43 Å². The first-order valence-corrected chi connectivity index (χ1v) is 11.9. The molecule has 5 heteroatoms. The van der Waals surface area contributed by atoms with E-state index in [1.165, 1.54) is 22.1 Å². The average molecular weight is 352 g/mol. The van der Waals surface area contributed by atoms with E-state index in [1.54, 1.807) is 0 Å². The van der Waals surface area contributed by atoms with Crippen LogP contribution in [0.2, 0.25) is 23.9 Å². The smallest absolute Gasteiger partial charge is 0.379 e. The Labute approximate surface area is 153 Å². The Hall–Kier alpha value is -1.72. The van der Waals surface area contributed by atoms with Crippen LogP contribution >= 0.6 is 0 Å². The van der Waals surface area contributed by atoms with Gasteiger partial charge in [-0.25, -0.2) is 0 Å². The second kappa shape index (κ2) is 6.54. The van der Waals surface area contributed by atoms with E-state index in [1.807, 2.05) is 6.08 Å². The van der Waals surface area contributed by atoms with Gasteiger partial charge in [0.15, 0.2) is 8.32 Å². The van der Waals surface area contributed by atoms with Crippen molar-refractivity contribution >= 4 is 37.4 Å². The summed E-state index contributed by atoms with van der Waals surface area (Å²) in [6, 6.07) is 12.8. The maximum Gasteiger partial charge on any atom is 0.379 e. The number of hydrogen-bond acceptors (Lipinski definition) is 3. The third-order valence-electron chi connectivity index (χ3n) is 5.70. The first-order chi connectivity index (χ1) is 11.7. The average Bonchev–Trinajstić information content (AvgIpc) is 2.55. The van der Waals surface area contributed by atoms with Crippen molar-refractivity contribution < 1.29 is 4.43 Å². The number of rotatable bonds is 5. The molecule has 2 aromatic rings. The molecule has 1 atom stereocenters. The molecule has 1 heterocycles. The summed E-state index contributed by atoms with van der Waals surface area (Å²) in [5.41, 5.74) is 2.35. The molecule has 1 unspecified atom stereocenters. The highest BCUT2D eigenvalue weighted by atomic mass is 28.4. The molecule has 132 valence electrons. The van der Waals surface area contributed by atoms with Crippen LogP contribution in [0.15, 0.2) is 49.1 Å². The van der Waals surface area contributed by atoms with Gasteiger partial charge in [-0.2, -0.15) is 0 Å². The van der Waals surface area contributed by atoms with Crippen LogP contribution in [0.5, 0.6) is 0 Å². The fourth-order valence-electron chi connectivity index (χ4n) is 2.99. The summed E-state index contributed by atoms with van der Waals surface area (Å²) in [6.07, 6.45) is 2.01. The first-order valence-electron chi connectivity index (χ1n) is 9.04. The quantitative estimate of drug-likeness (QED) is 0.531. The third kappa shape index (κ3) is 3.49. The second-order valence-corrected chi connectivity index (χ2v) is 13.3. The van der Waals surface area contributed by atoms with Crippen LogP contribution < -0.4 is 10.5 Å². The van der Waals surface area contributed by atoms with Crippen molar-refractivity contribution in [1.29, 1.82) is 0 Å². The van der Waals surface area contributed by atoms with Crippen molar-refractivity contribution in [3.05, 3.63) is 49.1 Å². The summed E-state index contributed by atoms with van der Waals surface area (Å²) in [5.74, 6) is 0.192. The number of benzene rings is 2. The van der Waals surface area contributed by atoms with Crippen LogP contribution in [0.3, 0.4) is 0 Å². The molecule has 3 nitrogen and oxygen atoms in total. The molecule has 0 radical (unpaired) electrons. The molecule has 3 rings (SSSR count). The second-order valence-electron chi connectivity index (χ2n) is 8.45. The Morgan fingerprint density at radius 3 is 2.16 bits per heavy atom. The van der Waals surface area contributed by atoms with E-state index in [4.69, 9.17) is 4.43 Å². The maximum absolute atomic E-state index is 6.45. The summed E-state index contributed by atoms with van der Waals surface area (Å²) >= 11 is 0. The lowest BCUT2D eigenvalue weighted by atomic mass is 9.61. The van der Waals surface area contributed by atoms with Crippen LogP contribution in [0.1, 0.15) is 20.8 Å². The Kier molecular flexibility index (Phi) is 4.73. The van der Waals surface area contributed by atoms with Crippen molar-refractivity contribution in [2.24, 2.45) is 0 Å². The minimum atomic E-state index is -1.77. The highest BCUT2D eigenvalue weighted by molar-refractivity contribution is 6.74. The molecular formula is C20H29BN2OSi. The van der Waals surface area contributed by atoms with Crippen molar-refractivity contribution in [2.75, 3.05) is 17.1 Å². The fraction of sp³-hybridized carbons (Fsp3) is 0.400. The van der Waals surface area contributed by atoms with Crippen LogP contribution in [0.25, 0.3) is 10.8 Å². The summed E-state index contributed by atoms with van der Waals surface area (Å²) in [4.78, 5) is 0. The van der Waals surface area contributed by atoms with Gasteiger partial charge in [-0.05, 0) is 35.7 Å².